The number of amides is 1. The van der Waals surface area contributed by atoms with E-state index in [4.69, 9.17) is 9.47 Å². The van der Waals surface area contributed by atoms with Crippen molar-refractivity contribution in [2.45, 2.75) is 32.7 Å². The highest BCUT2D eigenvalue weighted by Crippen LogP contribution is 2.27. The third kappa shape index (κ3) is 5.73. The lowest BCUT2D eigenvalue weighted by Gasteiger charge is -2.24. The Morgan fingerprint density at radius 2 is 1.67 bits per heavy atom. The van der Waals surface area contributed by atoms with Gasteiger partial charge >= 0.3 is 0 Å². The van der Waals surface area contributed by atoms with Crippen molar-refractivity contribution >= 4 is 11.6 Å². The van der Waals surface area contributed by atoms with Gasteiger partial charge in [-0.15, -0.1) is 0 Å². The highest BCUT2D eigenvalue weighted by molar-refractivity contribution is 5.94. The van der Waals surface area contributed by atoms with E-state index in [1.54, 1.807) is 14.2 Å². The Morgan fingerprint density at radius 3 is 2.26 bits per heavy atom. The molecular weight excluding hydrogens is 340 g/mol. The van der Waals surface area contributed by atoms with Crippen molar-refractivity contribution in [2.75, 3.05) is 33.1 Å². The average Bonchev–Trinajstić information content (AvgIpc) is 2.71. The second kappa shape index (κ2) is 9.97. The number of ether oxygens (including phenoxy) is 2. The molecule has 1 N–H and O–H groups in total. The Morgan fingerprint density at radius 1 is 1.04 bits per heavy atom. The number of methoxy groups -OCH3 is 2. The van der Waals surface area contributed by atoms with Gasteiger partial charge in [-0.3, -0.25) is 9.69 Å². The zero-order valence-electron chi connectivity index (χ0n) is 16.9. The molecular formula is C22H30N2O3. The van der Waals surface area contributed by atoms with Gasteiger partial charge in [0.15, 0.2) is 11.5 Å². The van der Waals surface area contributed by atoms with Crippen molar-refractivity contribution in [1.29, 1.82) is 0 Å². The Bertz CT molecular complexity index is 744. The van der Waals surface area contributed by atoms with E-state index in [1.807, 2.05) is 61.3 Å². The fourth-order valence-electron chi connectivity index (χ4n) is 2.81. The molecule has 0 heterocycles. The summed E-state index contributed by atoms with van der Waals surface area (Å²) in [4.78, 5) is 14.6. The molecule has 2 aromatic carbocycles. The van der Waals surface area contributed by atoms with E-state index in [1.165, 1.54) is 5.56 Å². The van der Waals surface area contributed by atoms with Crippen LogP contribution < -0.4 is 14.8 Å². The van der Waals surface area contributed by atoms with Crippen molar-refractivity contribution < 1.29 is 14.3 Å². The number of likely N-dealkylation sites (N-methyl/N-ethyl adjacent to an activating group) is 1. The third-order valence-corrected chi connectivity index (χ3v) is 4.87. The van der Waals surface area contributed by atoms with Crippen LogP contribution in [0.2, 0.25) is 0 Å². The zero-order valence-corrected chi connectivity index (χ0v) is 16.9. The SMILES string of the molecule is CCc1ccc(NC(=O)[C@H](C)N(C)CCc2ccc(OC)c(OC)c2)cc1. The van der Waals surface area contributed by atoms with Crippen LogP contribution in [0, 0.1) is 0 Å². The lowest BCUT2D eigenvalue weighted by atomic mass is 10.1. The van der Waals surface area contributed by atoms with Gasteiger partial charge in [0.25, 0.3) is 0 Å². The topological polar surface area (TPSA) is 50.8 Å². The van der Waals surface area contributed by atoms with Gasteiger partial charge in [0.1, 0.15) is 0 Å². The van der Waals surface area contributed by atoms with Crippen LogP contribution >= 0.6 is 0 Å². The maximum absolute atomic E-state index is 12.5. The molecule has 0 aromatic heterocycles. The minimum atomic E-state index is -0.226. The molecule has 0 unspecified atom stereocenters. The highest BCUT2D eigenvalue weighted by atomic mass is 16.5. The normalized spacial score (nSPS) is 11.9. The average molecular weight is 370 g/mol. The monoisotopic (exact) mass is 370 g/mol. The number of hydrogen-bond acceptors (Lipinski definition) is 4. The molecule has 2 aromatic rings. The Balaban J connectivity index is 1.90. The summed E-state index contributed by atoms with van der Waals surface area (Å²) in [6.07, 6.45) is 1.81. The molecule has 0 bridgehead atoms. The van der Waals surface area contributed by atoms with E-state index in [2.05, 4.69) is 12.2 Å². The van der Waals surface area contributed by atoms with Crippen LogP contribution in [0.1, 0.15) is 25.0 Å². The zero-order chi connectivity index (χ0) is 19.8. The number of anilines is 1. The van der Waals surface area contributed by atoms with E-state index >= 15 is 0 Å². The van der Waals surface area contributed by atoms with Gasteiger partial charge in [0, 0.05) is 12.2 Å². The van der Waals surface area contributed by atoms with Crippen LogP contribution in [0.5, 0.6) is 11.5 Å². The Labute approximate surface area is 162 Å². The molecule has 0 saturated heterocycles. The number of nitrogens with one attached hydrogen (secondary N) is 1. The summed E-state index contributed by atoms with van der Waals surface area (Å²) in [5, 5.41) is 2.99. The molecule has 5 heteroatoms. The van der Waals surface area contributed by atoms with Gasteiger partial charge in [0.05, 0.1) is 20.3 Å². The molecule has 0 spiro atoms. The van der Waals surface area contributed by atoms with E-state index in [-0.39, 0.29) is 11.9 Å². The summed E-state index contributed by atoms with van der Waals surface area (Å²) < 4.78 is 10.6. The van der Waals surface area contributed by atoms with Crippen molar-refractivity contribution in [1.82, 2.24) is 4.90 Å². The molecule has 27 heavy (non-hydrogen) atoms. The molecule has 1 amide bonds. The summed E-state index contributed by atoms with van der Waals surface area (Å²) in [6.45, 7) is 4.80. The molecule has 0 radical (unpaired) electrons. The van der Waals surface area contributed by atoms with Gasteiger partial charge in [0.2, 0.25) is 5.91 Å². The maximum Gasteiger partial charge on any atom is 0.241 e. The summed E-state index contributed by atoms with van der Waals surface area (Å²) >= 11 is 0. The molecule has 0 aliphatic rings. The first-order valence-corrected chi connectivity index (χ1v) is 9.29. The van der Waals surface area contributed by atoms with Crippen LogP contribution in [-0.4, -0.2) is 44.7 Å². The Hall–Kier alpha value is -2.53. The second-order valence-corrected chi connectivity index (χ2v) is 6.64. The van der Waals surface area contributed by atoms with E-state index in [0.717, 1.165) is 42.1 Å². The minimum Gasteiger partial charge on any atom is -0.493 e. The van der Waals surface area contributed by atoms with Crippen molar-refractivity contribution in [3.63, 3.8) is 0 Å². The standard InChI is InChI=1S/C22H30N2O3/c1-6-17-7-10-19(11-8-17)23-22(25)16(2)24(3)14-13-18-9-12-20(26-4)21(15-18)27-5/h7-12,15-16H,6,13-14H2,1-5H3,(H,23,25)/t16-/m0/s1. The van der Waals surface area contributed by atoms with Crippen molar-refractivity contribution in [3.8, 4) is 11.5 Å². The fraction of sp³-hybridized carbons (Fsp3) is 0.409. The molecule has 2 rings (SSSR count). The van der Waals surface area contributed by atoms with Crippen LogP contribution in [0.3, 0.4) is 0 Å². The smallest absolute Gasteiger partial charge is 0.241 e. The lowest BCUT2D eigenvalue weighted by molar-refractivity contribution is -0.120. The van der Waals surface area contributed by atoms with Gasteiger partial charge < -0.3 is 14.8 Å². The minimum absolute atomic E-state index is 0.00550. The van der Waals surface area contributed by atoms with Gasteiger partial charge in [-0.25, -0.2) is 0 Å². The van der Waals surface area contributed by atoms with Crippen LogP contribution in [0.25, 0.3) is 0 Å². The van der Waals surface area contributed by atoms with Gasteiger partial charge in [-0.05, 0) is 62.2 Å². The third-order valence-electron chi connectivity index (χ3n) is 4.87. The quantitative estimate of drug-likeness (QED) is 0.730. The molecule has 0 fully saturated rings. The number of carbonyl (C=O) groups is 1. The molecule has 146 valence electrons. The summed E-state index contributed by atoms with van der Waals surface area (Å²) in [7, 11) is 5.22. The van der Waals surface area contributed by atoms with Crippen LogP contribution in [0.4, 0.5) is 5.69 Å². The number of benzene rings is 2. The van der Waals surface area contributed by atoms with Gasteiger partial charge in [-0.1, -0.05) is 25.1 Å². The van der Waals surface area contributed by atoms with Crippen LogP contribution in [-0.2, 0) is 17.6 Å². The van der Waals surface area contributed by atoms with Crippen molar-refractivity contribution in [3.05, 3.63) is 53.6 Å². The van der Waals surface area contributed by atoms with Gasteiger partial charge in [-0.2, -0.15) is 0 Å². The molecule has 1 atom stereocenters. The molecule has 0 saturated carbocycles. The van der Waals surface area contributed by atoms with E-state index < -0.39 is 0 Å². The summed E-state index contributed by atoms with van der Waals surface area (Å²) in [5.41, 5.74) is 3.23. The second-order valence-electron chi connectivity index (χ2n) is 6.64. The van der Waals surface area contributed by atoms with E-state index in [9.17, 15) is 4.79 Å². The predicted molar refractivity (Wildman–Crippen MR) is 110 cm³/mol. The first-order chi connectivity index (χ1) is 13.0. The van der Waals surface area contributed by atoms with Crippen LogP contribution in [0.15, 0.2) is 42.5 Å². The number of carbonyl (C=O) groups excluding carboxylic acids is 1. The first kappa shape index (κ1) is 20.8. The Kier molecular flexibility index (Phi) is 7.67. The lowest BCUT2D eigenvalue weighted by Crippen LogP contribution is -2.40. The number of rotatable bonds is 9. The predicted octanol–water partition coefficient (Wildman–Crippen LogP) is 3.77. The fourth-order valence-corrected chi connectivity index (χ4v) is 2.81. The summed E-state index contributed by atoms with van der Waals surface area (Å²) in [6, 6.07) is 13.7. The van der Waals surface area contributed by atoms with E-state index in [0.29, 0.717) is 0 Å². The largest absolute Gasteiger partial charge is 0.493 e. The molecule has 5 nitrogen and oxygen atoms in total. The summed E-state index contributed by atoms with van der Waals surface area (Å²) in [5.74, 6) is 1.43. The van der Waals surface area contributed by atoms with Crippen molar-refractivity contribution in [2.24, 2.45) is 0 Å². The molecule has 0 aliphatic heterocycles. The highest BCUT2D eigenvalue weighted by Gasteiger charge is 2.18. The number of hydrogen-bond donors (Lipinski definition) is 1. The maximum atomic E-state index is 12.5. The number of nitrogens with zero attached hydrogens (tertiary/aromatic N) is 1. The first-order valence-electron chi connectivity index (χ1n) is 9.29. The number of aryl methyl sites for hydroxylation is 1. The molecule has 0 aliphatic carbocycles.